The third-order valence-electron chi connectivity index (χ3n) is 10.8. The molecule has 2 nitrogen and oxygen atoms in total. The number of hydrogen-bond acceptors (Lipinski definition) is 0. The molecule has 0 aliphatic carbocycles. The van der Waals surface area contributed by atoms with E-state index >= 15 is 0 Å². The molecule has 54 heavy (non-hydrogen) atoms. The molecule has 2 heterocycles. The van der Waals surface area contributed by atoms with Gasteiger partial charge in [0, 0.05) is 32.9 Å². The quantitative estimate of drug-likeness (QED) is 0.170. The van der Waals surface area contributed by atoms with E-state index in [0.717, 1.165) is 66.3 Å². The van der Waals surface area contributed by atoms with Gasteiger partial charge >= 0.3 is 0 Å². The lowest BCUT2D eigenvalue weighted by Gasteiger charge is -2.10. The molecule has 0 spiro atoms. The first-order valence-electron chi connectivity index (χ1n) is 19.9. The summed E-state index contributed by atoms with van der Waals surface area (Å²) in [6, 6.07) is 65.4. The predicted octanol–water partition coefficient (Wildman–Crippen LogP) is 14.0. The second kappa shape index (κ2) is 12.2. The first-order valence-corrected chi connectivity index (χ1v) is 18.4. The van der Waals surface area contributed by atoms with Crippen LogP contribution in [0.15, 0.2) is 206 Å². The summed E-state index contributed by atoms with van der Waals surface area (Å²) in [5.74, 6) is 0. The highest BCUT2D eigenvalue weighted by Gasteiger charge is 2.17. The van der Waals surface area contributed by atoms with Gasteiger partial charge in [0.05, 0.1) is 26.2 Å². The summed E-state index contributed by atoms with van der Waals surface area (Å²) < 4.78 is 33.3. The number of benzene rings is 9. The number of para-hydroxylation sites is 2. The Bertz CT molecular complexity index is 3360. The molecule has 0 bridgehead atoms. The minimum atomic E-state index is 0.0434. The lowest BCUT2D eigenvalue weighted by atomic mass is 9.99. The molecule has 0 fully saturated rings. The number of aromatic nitrogens is 2. The lowest BCUT2D eigenvalue weighted by molar-refractivity contribution is 1.18. The first-order chi connectivity index (χ1) is 28.0. The lowest BCUT2D eigenvalue weighted by Crippen LogP contribution is -1.94. The van der Waals surface area contributed by atoms with E-state index in [1.807, 2.05) is 42.5 Å². The number of hydrogen-bond donors (Lipinski definition) is 0. The van der Waals surface area contributed by atoms with E-state index in [1.54, 1.807) is 0 Å². The van der Waals surface area contributed by atoms with Crippen molar-refractivity contribution in [2.75, 3.05) is 0 Å². The zero-order chi connectivity index (χ0) is 38.2. The van der Waals surface area contributed by atoms with Crippen LogP contribution in [0.4, 0.5) is 0 Å². The van der Waals surface area contributed by atoms with Crippen LogP contribution in [0, 0.1) is 0 Å². The van der Waals surface area contributed by atoms with Crippen LogP contribution in [0.3, 0.4) is 0 Å². The van der Waals surface area contributed by atoms with Gasteiger partial charge in [-0.15, -0.1) is 0 Å². The van der Waals surface area contributed by atoms with Gasteiger partial charge in [0.15, 0.2) is 0 Å². The van der Waals surface area contributed by atoms with Crippen LogP contribution in [0.2, 0.25) is 0 Å². The summed E-state index contributed by atoms with van der Waals surface area (Å²) in [7, 11) is 0. The van der Waals surface area contributed by atoms with Gasteiger partial charge in [-0.25, -0.2) is 0 Å². The largest absolute Gasteiger partial charge is 0.309 e. The number of rotatable bonds is 5. The molecule has 11 rings (SSSR count). The average Bonchev–Trinajstić information content (AvgIpc) is 3.79. The van der Waals surface area contributed by atoms with Crippen molar-refractivity contribution in [2.24, 2.45) is 0 Å². The van der Waals surface area contributed by atoms with Crippen LogP contribution < -0.4 is 0 Å². The van der Waals surface area contributed by atoms with Crippen molar-refractivity contribution >= 4 is 54.4 Å². The van der Waals surface area contributed by atoms with Crippen LogP contribution in [-0.4, -0.2) is 9.13 Å². The number of fused-ring (bicyclic) bond motifs is 7. The van der Waals surface area contributed by atoms with Crippen LogP contribution in [0.1, 0.15) is 4.11 Å². The molecule has 252 valence electrons. The summed E-state index contributed by atoms with van der Waals surface area (Å²) >= 11 is 0. The Morgan fingerprint density at radius 2 is 0.870 bits per heavy atom. The van der Waals surface area contributed by atoms with Crippen molar-refractivity contribution < 1.29 is 4.11 Å². The standard InChI is InChI=1S/C52H34N2/c1-3-11-35(12-4-1)37-21-26-44(27-22-37)53-49-18-10-9-17-45(49)47-32-40(24-29-50(47)53)41-25-30-51-48(33-41)46-28-23-42(34-52(46)54(51)43-15-5-2-6-16-43)39-20-19-36-13-7-8-14-38(36)31-39/h1-34H/i25D,30D,33D. The van der Waals surface area contributed by atoms with Crippen LogP contribution in [-0.2, 0) is 0 Å². The molecule has 2 heteroatoms. The topological polar surface area (TPSA) is 9.86 Å². The van der Waals surface area contributed by atoms with E-state index in [1.165, 1.54) is 16.3 Å². The molecule has 0 aliphatic rings. The normalized spacial score (nSPS) is 12.5. The Morgan fingerprint density at radius 1 is 0.296 bits per heavy atom. The van der Waals surface area contributed by atoms with E-state index in [2.05, 4.69) is 155 Å². The van der Waals surface area contributed by atoms with Gasteiger partial charge < -0.3 is 9.13 Å². The first kappa shape index (κ1) is 27.5. The smallest absolute Gasteiger partial charge is 0.0645 e. The zero-order valence-electron chi connectivity index (χ0n) is 32.3. The van der Waals surface area contributed by atoms with Gasteiger partial charge in [-0.3, -0.25) is 0 Å². The highest BCUT2D eigenvalue weighted by Crippen LogP contribution is 2.40. The van der Waals surface area contributed by atoms with Gasteiger partial charge in [0.1, 0.15) is 0 Å². The van der Waals surface area contributed by atoms with Crippen molar-refractivity contribution in [1.29, 1.82) is 0 Å². The number of nitrogens with zero attached hydrogens (tertiary/aromatic N) is 2. The van der Waals surface area contributed by atoms with Gasteiger partial charge in [-0.05, 0) is 111 Å². The summed E-state index contributed by atoms with van der Waals surface area (Å²) in [5, 5.41) is 6.05. The van der Waals surface area contributed by atoms with Crippen LogP contribution in [0.5, 0.6) is 0 Å². The van der Waals surface area contributed by atoms with E-state index in [9.17, 15) is 4.11 Å². The van der Waals surface area contributed by atoms with Gasteiger partial charge in [-0.1, -0.05) is 140 Å². The molecule has 0 N–H and O–H groups in total. The Kier molecular flexibility index (Phi) is 6.22. The summed E-state index contributed by atoms with van der Waals surface area (Å²) in [6.45, 7) is 0. The van der Waals surface area contributed by atoms with Gasteiger partial charge in [0.25, 0.3) is 0 Å². The van der Waals surface area contributed by atoms with E-state index in [-0.39, 0.29) is 18.1 Å². The fraction of sp³-hybridized carbons (Fsp3) is 0. The van der Waals surface area contributed by atoms with Crippen LogP contribution in [0.25, 0.3) is 99.1 Å². The maximum Gasteiger partial charge on any atom is 0.0645 e. The second-order valence-electron chi connectivity index (χ2n) is 13.9. The third kappa shape index (κ3) is 4.88. The Balaban J connectivity index is 1.11. The summed E-state index contributed by atoms with van der Waals surface area (Å²) in [5.41, 5.74) is 11.2. The predicted molar refractivity (Wildman–Crippen MR) is 229 cm³/mol. The molecule has 9 aromatic carbocycles. The Hall–Kier alpha value is -7.16. The van der Waals surface area contributed by atoms with E-state index in [0.29, 0.717) is 16.5 Å². The molecule has 0 saturated heterocycles. The average molecular weight is 690 g/mol. The molecule has 0 amide bonds. The maximum absolute atomic E-state index is 9.86. The van der Waals surface area contributed by atoms with Crippen molar-refractivity contribution in [3.63, 3.8) is 0 Å². The molecular weight excluding hydrogens is 653 g/mol. The fourth-order valence-corrected chi connectivity index (χ4v) is 8.19. The molecule has 0 atom stereocenters. The van der Waals surface area contributed by atoms with Crippen molar-refractivity contribution in [1.82, 2.24) is 9.13 Å². The van der Waals surface area contributed by atoms with Crippen molar-refractivity contribution in [2.45, 2.75) is 0 Å². The highest BCUT2D eigenvalue weighted by molar-refractivity contribution is 6.13. The minimum absolute atomic E-state index is 0.0434. The molecule has 2 aromatic heterocycles. The molecule has 0 saturated carbocycles. The SMILES string of the molecule is [2H]c1c(-c2ccc3c(c2)c2ccccc2n3-c2ccc(-c3ccccc3)cc2)c([2H])c2c3ccc(-c4ccc5ccccc5c4)cc3n(-c3ccccc3)c2c1[2H]. The van der Waals surface area contributed by atoms with Crippen LogP contribution >= 0.6 is 0 Å². The van der Waals surface area contributed by atoms with Gasteiger partial charge in [-0.2, -0.15) is 0 Å². The monoisotopic (exact) mass is 689 g/mol. The zero-order valence-corrected chi connectivity index (χ0v) is 29.3. The summed E-state index contributed by atoms with van der Waals surface area (Å²) in [4.78, 5) is 0. The van der Waals surface area contributed by atoms with E-state index in [4.69, 9.17) is 0 Å². The van der Waals surface area contributed by atoms with Crippen molar-refractivity contribution in [3.8, 4) is 44.8 Å². The minimum Gasteiger partial charge on any atom is -0.309 e. The molecule has 0 radical (unpaired) electrons. The molecular formula is C52H34N2. The molecule has 0 aliphatic heterocycles. The highest BCUT2D eigenvalue weighted by atomic mass is 15.0. The van der Waals surface area contributed by atoms with E-state index < -0.39 is 0 Å². The summed E-state index contributed by atoms with van der Waals surface area (Å²) in [6.07, 6.45) is 0. The van der Waals surface area contributed by atoms with Gasteiger partial charge in [0.2, 0.25) is 0 Å². The second-order valence-corrected chi connectivity index (χ2v) is 13.9. The van der Waals surface area contributed by atoms with Crippen molar-refractivity contribution in [3.05, 3.63) is 206 Å². The molecule has 11 aromatic rings. The fourth-order valence-electron chi connectivity index (χ4n) is 8.19. The maximum atomic E-state index is 9.86. The molecule has 0 unspecified atom stereocenters. The Labute approximate surface area is 317 Å². The third-order valence-corrected chi connectivity index (χ3v) is 10.8. The Morgan fingerprint density at radius 3 is 1.72 bits per heavy atom.